The molecule has 152 valence electrons. The molecule has 6 nitrogen and oxygen atoms in total. The van der Waals surface area contributed by atoms with Crippen molar-refractivity contribution in [2.75, 3.05) is 19.7 Å². The Labute approximate surface area is 181 Å². The van der Waals surface area contributed by atoms with Crippen LogP contribution < -0.4 is 10.1 Å². The monoisotopic (exact) mass is 466 g/mol. The maximum absolute atomic E-state index is 12.4. The van der Waals surface area contributed by atoms with E-state index in [-0.39, 0.29) is 30.7 Å². The zero-order valence-electron chi connectivity index (χ0n) is 16.1. The Balaban J connectivity index is 1.25. The minimum Gasteiger partial charge on any atom is -0.491 e. The summed E-state index contributed by atoms with van der Waals surface area (Å²) in [5.74, 6) is -0.216. The van der Waals surface area contributed by atoms with E-state index in [2.05, 4.69) is 21.2 Å². The van der Waals surface area contributed by atoms with Gasteiger partial charge in [-0.25, -0.2) is 0 Å². The summed E-state index contributed by atoms with van der Waals surface area (Å²) < 4.78 is 6.53. The Hall–Kier alpha value is -3.19. The summed E-state index contributed by atoms with van der Waals surface area (Å²) in [6.07, 6.45) is 0.0426. The minimum absolute atomic E-state index is 0.0416. The number of hydrogen-bond donors (Lipinski definition) is 1. The maximum atomic E-state index is 12.4. The molecule has 1 heterocycles. The first kappa shape index (κ1) is 20.1. The number of hydrogen-bond acceptors (Lipinski definition) is 4. The van der Waals surface area contributed by atoms with Gasteiger partial charge in [-0.15, -0.1) is 0 Å². The fourth-order valence-electron chi connectivity index (χ4n) is 3.44. The van der Waals surface area contributed by atoms with Crippen LogP contribution in [-0.4, -0.2) is 42.3 Å². The zero-order chi connectivity index (χ0) is 21.1. The third-order valence-corrected chi connectivity index (χ3v) is 5.42. The summed E-state index contributed by atoms with van der Waals surface area (Å²) in [6.45, 7) is 0.692. The predicted molar refractivity (Wildman–Crippen MR) is 117 cm³/mol. The molecule has 0 fully saturated rings. The van der Waals surface area contributed by atoms with E-state index < -0.39 is 0 Å². The summed E-state index contributed by atoms with van der Waals surface area (Å²) >= 11 is 3.30. The quantitative estimate of drug-likeness (QED) is 0.424. The lowest BCUT2D eigenvalue weighted by Crippen LogP contribution is -2.35. The molecule has 0 unspecified atom stereocenters. The van der Waals surface area contributed by atoms with Crippen molar-refractivity contribution < 1.29 is 19.1 Å². The van der Waals surface area contributed by atoms with Gasteiger partial charge in [-0.3, -0.25) is 19.3 Å². The molecular weight excluding hydrogens is 448 g/mol. The molecule has 0 atom stereocenters. The lowest BCUT2D eigenvalue weighted by atomic mass is 10.1. The Bertz CT molecular complexity index is 1140. The lowest BCUT2D eigenvalue weighted by Gasteiger charge is -2.14. The molecule has 0 radical (unpaired) electrons. The highest BCUT2D eigenvalue weighted by molar-refractivity contribution is 9.10. The van der Waals surface area contributed by atoms with Gasteiger partial charge in [0.15, 0.2) is 0 Å². The number of carbonyl (C=O) groups is 3. The number of carbonyl (C=O) groups excluding carboxylic acids is 3. The first-order valence-electron chi connectivity index (χ1n) is 9.57. The highest BCUT2D eigenvalue weighted by Gasteiger charge is 2.35. The van der Waals surface area contributed by atoms with Gasteiger partial charge in [-0.1, -0.05) is 52.3 Å². The van der Waals surface area contributed by atoms with E-state index in [4.69, 9.17) is 4.74 Å². The van der Waals surface area contributed by atoms with Crippen LogP contribution in [0.3, 0.4) is 0 Å². The minimum atomic E-state index is -0.372. The van der Waals surface area contributed by atoms with E-state index in [0.29, 0.717) is 24.3 Å². The van der Waals surface area contributed by atoms with Crippen molar-refractivity contribution >= 4 is 44.4 Å². The van der Waals surface area contributed by atoms with Crippen LogP contribution in [0.4, 0.5) is 0 Å². The van der Waals surface area contributed by atoms with Crippen molar-refractivity contribution in [3.05, 3.63) is 76.3 Å². The van der Waals surface area contributed by atoms with E-state index in [1.165, 1.54) is 0 Å². The standard InChI is InChI=1S/C23H19BrN2O4/c24-16-8-9-18-19(14-16)23(29)26(22(18)28)12-10-21(27)25-11-13-30-20-7-3-5-15-4-1-2-6-17(15)20/h1-9,14H,10-13H2,(H,25,27). The normalized spacial score (nSPS) is 12.9. The van der Waals surface area contributed by atoms with Crippen LogP contribution in [0.2, 0.25) is 0 Å². The molecule has 0 saturated heterocycles. The largest absolute Gasteiger partial charge is 0.491 e. The molecule has 30 heavy (non-hydrogen) atoms. The summed E-state index contributed by atoms with van der Waals surface area (Å²) in [7, 11) is 0. The molecule has 0 saturated carbocycles. The van der Waals surface area contributed by atoms with Gasteiger partial charge < -0.3 is 10.1 Å². The van der Waals surface area contributed by atoms with Gasteiger partial charge in [-0.2, -0.15) is 0 Å². The number of ether oxygens (including phenoxy) is 1. The number of nitrogens with one attached hydrogen (secondary N) is 1. The Morgan fingerprint density at radius 1 is 0.967 bits per heavy atom. The third kappa shape index (κ3) is 4.07. The number of imide groups is 1. The second-order valence-electron chi connectivity index (χ2n) is 6.88. The van der Waals surface area contributed by atoms with Gasteiger partial charge in [0.1, 0.15) is 12.4 Å². The number of fused-ring (bicyclic) bond motifs is 2. The highest BCUT2D eigenvalue weighted by atomic mass is 79.9. The van der Waals surface area contributed by atoms with E-state index in [1.807, 2.05) is 42.5 Å². The van der Waals surface area contributed by atoms with Gasteiger partial charge in [0.05, 0.1) is 17.7 Å². The molecule has 0 aliphatic carbocycles. The molecule has 0 bridgehead atoms. The van der Waals surface area contributed by atoms with Crippen molar-refractivity contribution in [1.29, 1.82) is 0 Å². The summed E-state index contributed by atoms with van der Waals surface area (Å²) in [5.41, 5.74) is 0.727. The Morgan fingerprint density at radius 2 is 1.73 bits per heavy atom. The second kappa shape index (κ2) is 8.67. The fraction of sp³-hybridized carbons (Fsp3) is 0.174. The SMILES string of the molecule is O=C(CCN1C(=O)c2ccc(Br)cc2C1=O)NCCOc1cccc2ccccc12. The molecule has 4 rings (SSSR count). The molecule has 1 N–H and O–H groups in total. The topological polar surface area (TPSA) is 75.7 Å². The number of benzene rings is 3. The van der Waals surface area contributed by atoms with Crippen LogP contribution in [0.25, 0.3) is 10.8 Å². The van der Waals surface area contributed by atoms with Crippen LogP contribution in [0.1, 0.15) is 27.1 Å². The van der Waals surface area contributed by atoms with Gasteiger partial charge in [0, 0.05) is 22.8 Å². The van der Waals surface area contributed by atoms with Crippen LogP contribution in [-0.2, 0) is 4.79 Å². The molecule has 1 aliphatic rings. The zero-order valence-corrected chi connectivity index (χ0v) is 17.6. The van der Waals surface area contributed by atoms with Gasteiger partial charge in [0.2, 0.25) is 5.91 Å². The van der Waals surface area contributed by atoms with E-state index in [0.717, 1.165) is 25.9 Å². The first-order chi connectivity index (χ1) is 14.5. The third-order valence-electron chi connectivity index (χ3n) is 4.93. The smallest absolute Gasteiger partial charge is 0.261 e. The van der Waals surface area contributed by atoms with Crippen LogP contribution in [0, 0.1) is 0 Å². The number of nitrogens with zero attached hydrogens (tertiary/aromatic N) is 1. The number of amides is 3. The maximum Gasteiger partial charge on any atom is 0.261 e. The second-order valence-corrected chi connectivity index (χ2v) is 7.79. The van der Waals surface area contributed by atoms with Gasteiger partial charge in [0.25, 0.3) is 11.8 Å². The average Bonchev–Trinajstić information content (AvgIpc) is 2.99. The van der Waals surface area contributed by atoms with E-state index >= 15 is 0 Å². The highest BCUT2D eigenvalue weighted by Crippen LogP contribution is 2.26. The summed E-state index contributed by atoms with van der Waals surface area (Å²) in [4.78, 5) is 38.1. The lowest BCUT2D eigenvalue weighted by molar-refractivity contribution is -0.121. The molecule has 0 aromatic heterocycles. The predicted octanol–water partition coefficient (Wildman–Crippen LogP) is 3.78. The molecule has 0 spiro atoms. The molecular formula is C23H19BrN2O4. The van der Waals surface area contributed by atoms with Crippen molar-refractivity contribution in [2.45, 2.75) is 6.42 Å². The summed E-state index contributed by atoms with van der Waals surface area (Å²) in [6, 6.07) is 18.7. The van der Waals surface area contributed by atoms with Crippen LogP contribution >= 0.6 is 15.9 Å². The van der Waals surface area contributed by atoms with E-state index in [1.54, 1.807) is 18.2 Å². The van der Waals surface area contributed by atoms with Gasteiger partial charge in [-0.05, 0) is 29.7 Å². The Morgan fingerprint density at radius 3 is 2.60 bits per heavy atom. The molecule has 3 aromatic carbocycles. The number of rotatable bonds is 7. The van der Waals surface area contributed by atoms with Crippen molar-refractivity contribution in [3.63, 3.8) is 0 Å². The molecule has 3 amide bonds. The first-order valence-corrected chi connectivity index (χ1v) is 10.4. The summed E-state index contributed by atoms with van der Waals surface area (Å²) in [5, 5.41) is 4.87. The van der Waals surface area contributed by atoms with Gasteiger partial charge >= 0.3 is 0 Å². The van der Waals surface area contributed by atoms with Crippen molar-refractivity contribution in [1.82, 2.24) is 10.2 Å². The van der Waals surface area contributed by atoms with Crippen molar-refractivity contribution in [3.8, 4) is 5.75 Å². The van der Waals surface area contributed by atoms with Crippen LogP contribution in [0.15, 0.2) is 65.1 Å². The average molecular weight is 467 g/mol. The Kier molecular flexibility index (Phi) is 5.81. The number of halogens is 1. The van der Waals surface area contributed by atoms with Crippen molar-refractivity contribution in [2.24, 2.45) is 0 Å². The van der Waals surface area contributed by atoms with Crippen LogP contribution in [0.5, 0.6) is 5.75 Å². The fourth-order valence-corrected chi connectivity index (χ4v) is 3.80. The molecule has 1 aliphatic heterocycles. The molecule has 7 heteroatoms. The van der Waals surface area contributed by atoms with E-state index in [9.17, 15) is 14.4 Å². The molecule has 3 aromatic rings.